The van der Waals surface area contributed by atoms with Gasteiger partial charge in [-0.05, 0) is 51.3 Å². The predicted octanol–water partition coefficient (Wildman–Crippen LogP) is 2.84. The van der Waals surface area contributed by atoms with Gasteiger partial charge in [0.1, 0.15) is 0 Å². The van der Waals surface area contributed by atoms with Gasteiger partial charge in [0, 0.05) is 36.0 Å². The van der Waals surface area contributed by atoms with Crippen molar-refractivity contribution in [2.24, 2.45) is 4.99 Å². The summed E-state index contributed by atoms with van der Waals surface area (Å²) >= 11 is 6.13. The van der Waals surface area contributed by atoms with Crippen LogP contribution >= 0.6 is 11.6 Å². The molecule has 3 N–H and O–H groups in total. The van der Waals surface area contributed by atoms with Crippen LogP contribution in [0.15, 0.2) is 29.3 Å². The molecule has 6 heteroatoms. The lowest BCUT2D eigenvalue weighted by atomic mass is 9.96. The van der Waals surface area contributed by atoms with Crippen molar-refractivity contribution in [1.29, 1.82) is 0 Å². The monoisotopic (exact) mass is 364 g/mol. The van der Waals surface area contributed by atoms with E-state index in [1.807, 2.05) is 39.0 Å². The number of benzene rings is 1. The molecule has 25 heavy (non-hydrogen) atoms. The van der Waals surface area contributed by atoms with E-state index in [0.717, 1.165) is 36.9 Å². The van der Waals surface area contributed by atoms with Gasteiger partial charge in [-0.3, -0.25) is 9.79 Å². The van der Waals surface area contributed by atoms with Crippen LogP contribution in [0.25, 0.3) is 0 Å². The maximum Gasteiger partial charge on any atom is 0.221 e. The highest BCUT2D eigenvalue weighted by atomic mass is 35.5. The molecule has 0 heterocycles. The summed E-state index contributed by atoms with van der Waals surface area (Å²) in [7, 11) is 0. The molecular weight excluding hydrogens is 336 g/mol. The van der Waals surface area contributed by atoms with Gasteiger partial charge in [-0.2, -0.15) is 0 Å². The van der Waals surface area contributed by atoms with Crippen LogP contribution in [0.2, 0.25) is 5.02 Å². The van der Waals surface area contributed by atoms with E-state index in [0.29, 0.717) is 13.0 Å². The zero-order valence-corrected chi connectivity index (χ0v) is 16.1. The minimum Gasteiger partial charge on any atom is -0.357 e. The molecule has 0 radical (unpaired) electrons. The Morgan fingerprint density at radius 1 is 1.32 bits per heavy atom. The van der Waals surface area contributed by atoms with Crippen molar-refractivity contribution in [3.8, 4) is 0 Å². The topological polar surface area (TPSA) is 65.5 Å². The second-order valence-corrected chi connectivity index (χ2v) is 7.32. The molecule has 1 aromatic rings. The van der Waals surface area contributed by atoms with Gasteiger partial charge in [0.25, 0.3) is 0 Å². The number of carbonyl (C=O) groups excluding carboxylic acids is 1. The van der Waals surface area contributed by atoms with Gasteiger partial charge in [0.15, 0.2) is 5.96 Å². The molecule has 1 amide bonds. The smallest absolute Gasteiger partial charge is 0.221 e. The van der Waals surface area contributed by atoms with Crippen molar-refractivity contribution in [3.63, 3.8) is 0 Å². The van der Waals surface area contributed by atoms with Crippen molar-refractivity contribution >= 4 is 23.5 Å². The summed E-state index contributed by atoms with van der Waals surface area (Å²) in [5.41, 5.74) is 1.37. The average molecular weight is 365 g/mol. The Morgan fingerprint density at radius 2 is 2.08 bits per heavy atom. The van der Waals surface area contributed by atoms with Crippen LogP contribution in [0.3, 0.4) is 0 Å². The number of carbonyl (C=O) groups is 1. The van der Waals surface area contributed by atoms with Crippen molar-refractivity contribution in [2.75, 3.05) is 19.6 Å². The molecular formula is C19H29ClN4O. The molecule has 138 valence electrons. The van der Waals surface area contributed by atoms with Crippen LogP contribution in [0, 0.1) is 0 Å². The average Bonchev–Trinajstić information content (AvgIpc) is 3.33. The number of hydrogen-bond acceptors (Lipinski definition) is 2. The molecule has 0 aliphatic heterocycles. The number of aliphatic imine (C=N–C) groups is 1. The Hall–Kier alpha value is -1.75. The van der Waals surface area contributed by atoms with Crippen LogP contribution in [0.4, 0.5) is 0 Å². The molecule has 1 saturated carbocycles. The lowest BCUT2D eigenvalue weighted by molar-refractivity contribution is -0.121. The summed E-state index contributed by atoms with van der Waals surface area (Å²) < 4.78 is 0. The first-order chi connectivity index (χ1) is 11.9. The Morgan fingerprint density at radius 3 is 2.68 bits per heavy atom. The molecule has 0 saturated heterocycles. The minimum absolute atomic E-state index is 0.0518. The van der Waals surface area contributed by atoms with E-state index in [1.165, 1.54) is 5.56 Å². The van der Waals surface area contributed by atoms with Crippen LogP contribution in [0.5, 0.6) is 0 Å². The fourth-order valence-electron chi connectivity index (χ4n) is 2.77. The summed E-state index contributed by atoms with van der Waals surface area (Å²) in [6, 6.07) is 8.24. The normalized spacial score (nSPS) is 15.8. The summed E-state index contributed by atoms with van der Waals surface area (Å²) in [5, 5.41) is 10.1. The van der Waals surface area contributed by atoms with E-state index in [4.69, 9.17) is 16.6 Å². The van der Waals surface area contributed by atoms with Crippen molar-refractivity contribution in [1.82, 2.24) is 16.0 Å². The van der Waals surface area contributed by atoms with E-state index < -0.39 is 0 Å². The van der Waals surface area contributed by atoms with Crippen molar-refractivity contribution in [2.45, 2.75) is 51.5 Å². The van der Waals surface area contributed by atoms with E-state index >= 15 is 0 Å². The fraction of sp³-hybridized carbons (Fsp3) is 0.579. The van der Waals surface area contributed by atoms with Gasteiger partial charge >= 0.3 is 0 Å². The first-order valence-corrected chi connectivity index (χ1v) is 9.40. The highest BCUT2D eigenvalue weighted by Crippen LogP contribution is 2.48. The molecule has 1 aromatic carbocycles. The second kappa shape index (κ2) is 9.09. The van der Waals surface area contributed by atoms with Crippen molar-refractivity contribution < 1.29 is 4.79 Å². The molecule has 0 aromatic heterocycles. The first-order valence-electron chi connectivity index (χ1n) is 9.03. The number of halogens is 1. The number of nitrogens with zero attached hydrogens (tertiary/aromatic N) is 1. The lowest BCUT2D eigenvalue weighted by Gasteiger charge is -2.16. The summed E-state index contributed by atoms with van der Waals surface area (Å²) in [6.45, 7) is 8.03. The fourth-order valence-corrected chi connectivity index (χ4v) is 2.96. The molecule has 0 atom stereocenters. The lowest BCUT2D eigenvalue weighted by Crippen LogP contribution is -2.40. The zero-order valence-electron chi connectivity index (χ0n) is 15.4. The van der Waals surface area contributed by atoms with Crippen LogP contribution in [0.1, 0.15) is 45.6 Å². The maximum atomic E-state index is 11.7. The van der Waals surface area contributed by atoms with Gasteiger partial charge in [-0.1, -0.05) is 23.7 Å². The van der Waals surface area contributed by atoms with E-state index in [2.05, 4.69) is 22.0 Å². The Labute approximate surface area is 155 Å². The summed E-state index contributed by atoms with van der Waals surface area (Å²) in [6.07, 6.45) is 2.70. The molecule has 1 aliphatic rings. The Balaban J connectivity index is 1.90. The third-order valence-corrected chi connectivity index (χ3v) is 4.50. The van der Waals surface area contributed by atoms with Crippen LogP contribution in [-0.2, 0) is 10.2 Å². The van der Waals surface area contributed by atoms with Gasteiger partial charge in [-0.25, -0.2) is 0 Å². The molecule has 1 fully saturated rings. The van der Waals surface area contributed by atoms with Crippen LogP contribution in [-0.4, -0.2) is 37.5 Å². The highest BCUT2D eigenvalue weighted by Gasteiger charge is 2.44. The van der Waals surface area contributed by atoms with E-state index in [1.54, 1.807) is 0 Å². The Kier molecular flexibility index (Phi) is 7.12. The molecule has 0 bridgehead atoms. The summed E-state index contributed by atoms with van der Waals surface area (Å²) in [4.78, 5) is 16.4. The molecule has 1 aliphatic carbocycles. The maximum absolute atomic E-state index is 11.7. The number of nitrogens with one attached hydrogen (secondary N) is 3. The van der Waals surface area contributed by atoms with Crippen molar-refractivity contribution in [3.05, 3.63) is 34.9 Å². The van der Waals surface area contributed by atoms with E-state index in [9.17, 15) is 4.79 Å². The predicted molar refractivity (Wildman–Crippen MR) is 104 cm³/mol. The standard InChI is InChI=1S/C19H29ClN4O/c1-4-21-18(22-11-8-17(25)24-14(2)3)23-13-19(9-10-19)15-6-5-7-16(20)12-15/h5-7,12,14H,4,8-11,13H2,1-3H3,(H,24,25)(H2,21,22,23). The zero-order chi connectivity index (χ0) is 18.3. The number of hydrogen-bond donors (Lipinski definition) is 3. The third kappa shape index (κ3) is 6.24. The number of rotatable bonds is 8. The first kappa shape index (κ1) is 19.6. The van der Waals surface area contributed by atoms with Gasteiger partial charge in [0.05, 0.1) is 6.54 Å². The third-order valence-electron chi connectivity index (χ3n) is 4.27. The molecule has 0 spiro atoms. The number of amides is 1. The summed E-state index contributed by atoms with van der Waals surface area (Å²) in [5.74, 6) is 0.809. The van der Waals surface area contributed by atoms with Gasteiger partial charge in [-0.15, -0.1) is 0 Å². The highest BCUT2D eigenvalue weighted by molar-refractivity contribution is 6.30. The van der Waals surface area contributed by atoms with Crippen LogP contribution < -0.4 is 16.0 Å². The molecule has 5 nitrogen and oxygen atoms in total. The Bertz CT molecular complexity index is 611. The SMILES string of the molecule is CCNC(=NCC1(c2cccc(Cl)c2)CC1)NCCC(=O)NC(C)C. The minimum atomic E-state index is 0.0518. The quantitative estimate of drug-likeness (QED) is 0.491. The second-order valence-electron chi connectivity index (χ2n) is 6.88. The number of guanidine groups is 1. The van der Waals surface area contributed by atoms with Gasteiger partial charge in [0.2, 0.25) is 5.91 Å². The molecule has 0 unspecified atom stereocenters. The molecule has 2 rings (SSSR count). The van der Waals surface area contributed by atoms with Gasteiger partial charge < -0.3 is 16.0 Å². The van der Waals surface area contributed by atoms with E-state index in [-0.39, 0.29) is 17.4 Å². The largest absolute Gasteiger partial charge is 0.357 e.